The van der Waals surface area contributed by atoms with Gasteiger partial charge in [0, 0.05) is 13.1 Å². The second-order valence-electron chi connectivity index (χ2n) is 3.91. The van der Waals surface area contributed by atoms with E-state index in [-0.39, 0.29) is 0 Å². The molecule has 16 heavy (non-hydrogen) atoms. The number of nitro groups is 1. The van der Waals surface area contributed by atoms with Gasteiger partial charge in [0.25, 0.3) is 0 Å². The summed E-state index contributed by atoms with van der Waals surface area (Å²) < 4.78 is 13.4. The van der Waals surface area contributed by atoms with Crippen LogP contribution >= 0.6 is 0 Å². The van der Waals surface area contributed by atoms with Crippen molar-refractivity contribution in [2.45, 2.75) is 19.3 Å². The Balaban J connectivity index is 2.38. The van der Waals surface area contributed by atoms with Gasteiger partial charge in [-0.1, -0.05) is 6.07 Å². The number of para-hydroxylation sites is 1. The summed E-state index contributed by atoms with van der Waals surface area (Å²) in [6.07, 6.45) is 3.15. The lowest BCUT2D eigenvalue weighted by Gasteiger charge is -2.28. The van der Waals surface area contributed by atoms with Gasteiger partial charge in [-0.05, 0) is 31.4 Å². The number of hydrogen-bond donors (Lipinski definition) is 0. The van der Waals surface area contributed by atoms with Crippen molar-refractivity contribution in [2.24, 2.45) is 0 Å². The first kappa shape index (κ1) is 10.9. The third-order valence-corrected chi connectivity index (χ3v) is 2.84. The maximum atomic E-state index is 13.4. The van der Waals surface area contributed by atoms with E-state index in [1.807, 2.05) is 4.90 Å². The predicted octanol–water partition coefficient (Wildman–Crippen LogP) is 2.72. The zero-order valence-electron chi connectivity index (χ0n) is 8.86. The molecular weight excluding hydrogens is 211 g/mol. The molecule has 0 N–H and O–H groups in total. The van der Waals surface area contributed by atoms with Crippen molar-refractivity contribution in [1.29, 1.82) is 0 Å². The molecule has 0 amide bonds. The van der Waals surface area contributed by atoms with Gasteiger partial charge >= 0.3 is 5.69 Å². The van der Waals surface area contributed by atoms with E-state index < -0.39 is 16.4 Å². The van der Waals surface area contributed by atoms with Gasteiger partial charge in [0.2, 0.25) is 5.82 Å². The van der Waals surface area contributed by atoms with Crippen LogP contribution in [0.5, 0.6) is 0 Å². The lowest BCUT2D eigenvalue weighted by molar-refractivity contribution is -0.386. The first-order valence-corrected chi connectivity index (χ1v) is 5.38. The van der Waals surface area contributed by atoms with Gasteiger partial charge in [0.05, 0.1) is 4.92 Å². The quantitative estimate of drug-likeness (QED) is 0.573. The molecule has 1 heterocycles. The van der Waals surface area contributed by atoms with E-state index in [1.165, 1.54) is 6.07 Å². The average molecular weight is 224 g/mol. The Morgan fingerprint density at radius 1 is 1.25 bits per heavy atom. The Bertz CT molecular complexity index is 403. The van der Waals surface area contributed by atoms with Gasteiger partial charge in [-0.2, -0.15) is 4.39 Å². The van der Waals surface area contributed by atoms with Gasteiger partial charge in [0.1, 0.15) is 5.69 Å². The topological polar surface area (TPSA) is 46.4 Å². The minimum atomic E-state index is -0.756. The van der Waals surface area contributed by atoms with Crippen LogP contribution in [0.1, 0.15) is 19.3 Å². The molecule has 1 aromatic carbocycles. The first-order chi connectivity index (χ1) is 7.70. The molecule has 4 nitrogen and oxygen atoms in total. The van der Waals surface area contributed by atoms with Crippen LogP contribution in [0, 0.1) is 15.9 Å². The fourth-order valence-corrected chi connectivity index (χ4v) is 2.07. The highest BCUT2D eigenvalue weighted by atomic mass is 19.1. The molecule has 0 unspecified atom stereocenters. The van der Waals surface area contributed by atoms with Crippen molar-refractivity contribution in [3.05, 3.63) is 34.1 Å². The summed E-state index contributed by atoms with van der Waals surface area (Å²) in [5.74, 6) is -0.756. The van der Waals surface area contributed by atoms with Crippen LogP contribution in [0.15, 0.2) is 18.2 Å². The SMILES string of the molecule is O=[N+]([O-])c1c(F)cccc1N1CCCCC1. The highest BCUT2D eigenvalue weighted by Crippen LogP contribution is 2.32. The van der Waals surface area contributed by atoms with Gasteiger partial charge < -0.3 is 4.90 Å². The summed E-state index contributed by atoms with van der Waals surface area (Å²) >= 11 is 0. The van der Waals surface area contributed by atoms with Crippen LogP contribution in [-0.4, -0.2) is 18.0 Å². The second-order valence-corrected chi connectivity index (χ2v) is 3.91. The van der Waals surface area contributed by atoms with Gasteiger partial charge in [-0.15, -0.1) is 0 Å². The summed E-state index contributed by atoms with van der Waals surface area (Å²) in [4.78, 5) is 12.1. The first-order valence-electron chi connectivity index (χ1n) is 5.38. The molecule has 1 aliphatic heterocycles. The maximum Gasteiger partial charge on any atom is 0.327 e. The summed E-state index contributed by atoms with van der Waals surface area (Å²) in [6.45, 7) is 1.54. The summed E-state index contributed by atoms with van der Waals surface area (Å²) in [5, 5.41) is 10.8. The largest absolute Gasteiger partial charge is 0.366 e. The van der Waals surface area contributed by atoms with E-state index in [0.717, 1.165) is 38.4 Å². The number of piperidine rings is 1. The molecule has 0 aliphatic carbocycles. The lowest BCUT2D eigenvalue weighted by Crippen LogP contribution is -2.30. The van der Waals surface area contributed by atoms with Crippen molar-refractivity contribution in [3.63, 3.8) is 0 Å². The number of anilines is 1. The summed E-state index contributed by atoms with van der Waals surface area (Å²) in [7, 11) is 0. The maximum absolute atomic E-state index is 13.4. The highest BCUT2D eigenvalue weighted by Gasteiger charge is 2.24. The average Bonchev–Trinajstić information content (AvgIpc) is 2.29. The number of rotatable bonds is 2. The van der Waals surface area contributed by atoms with E-state index in [4.69, 9.17) is 0 Å². The highest BCUT2D eigenvalue weighted by molar-refractivity contribution is 5.63. The third kappa shape index (κ3) is 1.98. The van der Waals surface area contributed by atoms with Crippen LogP contribution in [-0.2, 0) is 0 Å². The number of nitro benzene ring substituents is 1. The molecule has 86 valence electrons. The molecule has 0 bridgehead atoms. The van der Waals surface area contributed by atoms with Gasteiger partial charge in [0.15, 0.2) is 0 Å². The van der Waals surface area contributed by atoms with E-state index in [9.17, 15) is 14.5 Å². The molecule has 1 aliphatic rings. The molecule has 1 aromatic rings. The van der Waals surface area contributed by atoms with Crippen molar-refractivity contribution in [2.75, 3.05) is 18.0 Å². The van der Waals surface area contributed by atoms with Gasteiger partial charge in [-0.25, -0.2) is 0 Å². The minimum absolute atomic E-state index is 0.399. The van der Waals surface area contributed by atoms with Crippen LogP contribution in [0.3, 0.4) is 0 Å². The fraction of sp³-hybridized carbons (Fsp3) is 0.455. The molecule has 1 saturated heterocycles. The number of benzene rings is 1. The number of hydrogen-bond acceptors (Lipinski definition) is 3. The summed E-state index contributed by atoms with van der Waals surface area (Å²) in [6, 6.07) is 4.27. The molecule has 0 radical (unpaired) electrons. The van der Waals surface area contributed by atoms with Crippen LogP contribution in [0.2, 0.25) is 0 Å². The Kier molecular flexibility index (Phi) is 3.03. The van der Waals surface area contributed by atoms with Crippen molar-refractivity contribution in [1.82, 2.24) is 0 Å². The van der Waals surface area contributed by atoms with Crippen LogP contribution in [0.25, 0.3) is 0 Å². The molecule has 0 spiro atoms. The number of halogens is 1. The normalized spacial score (nSPS) is 16.2. The molecular formula is C11H13FN2O2. The summed E-state index contributed by atoms with van der Waals surface area (Å²) in [5.41, 5.74) is 0.00843. The second kappa shape index (κ2) is 4.47. The van der Waals surface area contributed by atoms with Gasteiger partial charge in [-0.3, -0.25) is 10.1 Å². The molecule has 0 saturated carbocycles. The monoisotopic (exact) mass is 224 g/mol. The Morgan fingerprint density at radius 3 is 2.56 bits per heavy atom. The zero-order valence-corrected chi connectivity index (χ0v) is 8.86. The molecule has 1 fully saturated rings. The molecule has 5 heteroatoms. The van der Waals surface area contributed by atoms with E-state index in [2.05, 4.69) is 0 Å². The Labute approximate surface area is 92.8 Å². The Morgan fingerprint density at radius 2 is 1.94 bits per heavy atom. The van der Waals surface area contributed by atoms with E-state index >= 15 is 0 Å². The number of nitrogens with zero attached hydrogens (tertiary/aromatic N) is 2. The van der Waals surface area contributed by atoms with E-state index in [0.29, 0.717) is 5.69 Å². The smallest absolute Gasteiger partial charge is 0.327 e. The Hall–Kier alpha value is -1.65. The minimum Gasteiger partial charge on any atom is -0.366 e. The molecule has 2 rings (SSSR count). The van der Waals surface area contributed by atoms with Crippen molar-refractivity contribution in [3.8, 4) is 0 Å². The van der Waals surface area contributed by atoms with Crippen molar-refractivity contribution < 1.29 is 9.31 Å². The van der Waals surface area contributed by atoms with Crippen molar-refractivity contribution >= 4 is 11.4 Å². The lowest BCUT2D eigenvalue weighted by atomic mass is 10.1. The van der Waals surface area contributed by atoms with E-state index in [1.54, 1.807) is 6.07 Å². The molecule has 0 aromatic heterocycles. The predicted molar refractivity (Wildman–Crippen MR) is 59.1 cm³/mol. The fourth-order valence-electron chi connectivity index (χ4n) is 2.07. The van der Waals surface area contributed by atoms with Crippen LogP contribution < -0.4 is 4.90 Å². The van der Waals surface area contributed by atoms with Crippen LogP contribution in [0.4, 0.5) is 15.8 Å². The zero-order chi connectivity index (χ0) is 11.5. The third-order valence-electron chi connectivity index (χ3n) is 2.84. The standard InChI is InChI=1S/C11H13FN2O2/c12-9-5-4-6-10(11(9)14(15)16)13-7-2-1-3-8-13/h4-6H,1-3,7-8H2. The molecule has 0 atom stereocenters.